The molecule has 3 nitrogen and oxygen atoms in total. The predicted octanol–water partition coefficient (Wildman–Crippen LogP) is 2.94. The number of hydrogen-bond donors (Lipinski definition) is 1. The first-order valence-electron chi connectivity index (χ1n) is 8.81. The molecule has 3 unspecified atom stereocenters. The summed E-state index contributed by atoms with van der Waals surface area (Å²) in [6.45, 7) is 4.65. The first kappa shape index (κ1) is 14.8. The van der Waals surface area contributed by atoms with E-state index in [1.807, 2.05) is 0 Å². The van der Waals surface area contributed by atoms with Gasteiger partial charge in [-0.1, -0.05) is 19.3 Å². The van der Waals surface area contributed by atoms with Crippen LogP contribution in [0, 0.1) is 0 Å². The molecule has 0 bridgehead atoms. The summed E-state index contributed by atoms with van der Waals surface area (Å²) in [6.07, 6.45) is 12.1. The topological polar surface area (TPSA) is 24.5 Å². The Morgan fingerprint density at radius 2 is 1.95 bits per heavy atom. The van der Waals surface area contributed by atoms with Crippen molar-refractivity contribution >= 4 is 0 Å². The van der Waals surface area contributed by atoms with Crippen molar-refractivity contribution in [3.05, 3.63) is 0 Å². The van der Waals surface area contributed by atoms with E-state index < -0.39 is 0 Å². The third-order valence-electron chi connectivity index (χ3n) is 6.08. The molecule has 0 aromatic rings. The molecule has 3 heteroatoms. The Hall–Kier alpha value is -0.120. The fourth-order valence-corrected chi connectivity index (χ4v) is 4.82. The van der Waals surface area contributed by atoms with E-state index in [4.69, 9.17) is 4.74 Å². The molecule has 3 fully saturated rings. The van der Waals surface area contributed by atoms with Gasteiger partial charge < -0.3 is 10.1 Å². The number of hydrogen-bond acceptors (Lipinski definition) is 3. The van der Waals surface area contributed by atoms with Gasteiger partial charge in [-0.15, -0.1) is 0 Å². The second-order valence-electron chi connectivity index (χ2n) is 7.26. The van der Waals surface area contributed by atoms with Crippen LogP contribution in [-0.2, 0) is 4.74 Å². The number of ether oxygens (including phenoxy) is 1. The van der Waals surface area contributed by atoms with Crippen molar-refractivity contribution < 1.29 is 4.74 Å². The van der Waals surface area contributed by atoms with Crippen molar-refractivity contribution in [1.82, 2.24) is 10.2 Å². The van der Waals surface area contributed by atoms with E-state index in [9.17, 15) is 0 Å². The molecule has 3 aliphatic rings. The Labute approximate surface area is 124 Å². The van der Waals surface area contributed by atoms with Crippen LogP contribution >= 0.6 is 0 Å². The zero-order valence-corrected chi connectivity index (χ0v) is 13.4. The molecule has 2 heterocycles. The molecule has 1 aliphatic carbocycles. The maximum atomic E-state index is 6.23. The van der Waals surface area contributed by atoms with Gasteiger partial charge >= 0.3 is 0 Å². The third kappa shape index (κ3) is 2.90. The third-order valence-corrected chi connectivity index (χ3v) is 6.08. The average Bonchev–Trinajstić information content (AvgIpc) is 2.94. The Bertz CT molecular complexity index is 314. The van der Waals surface area contributed by atoms with Crippen LogP contribution in [0.5, 0.6) is 0 Å². The van der Waals surface area contributed by atoms with Crippen molar-refractivity contribution in [1.29, 1.82) is 0 Å². The molecule has 2 aliphatic heterocycles. The van der Waals surface area contributed by atoms with Gasteiger partial charge in [-0.2, -0.15) is 0 Å². The number of piperidine rings is 1. The summed E-state index contributed by atoms with van der Waals surface area (Å²) in [5, 5.41) is 3.49. The van der Waals surface area contributed by atoms with Crippen LogP contribution in [-0.4, -0.2) is 48.8 Å². The first-order valence-corrected chi connectivity index (χ1v) is 8.81. The van der Waals surface area contributed by atoms with Gasteiger partial charge in [-0.05, 0) is 59.0 Å². The molecule has 3 rings (SSSR count). The lowest BCUT2D eigenvalue weighted by atomic mass is 9.85. The van der Waals surface area contributed by atoms with Crippen molar-refractivity contribution in [2.75, 3.05) is 20.2 Å². The lowest BCUT2D eigenvalue weighted by molar-refractivity contribution is -0.111. The van der Waals surface area contributed by atoms with Crippen LogP contribution in [0.3, 0.4) is 0 Å². The molecule has 3 atom stereocenters. The molecule has 116 valence electrons. The predicted molar refractivity (Wildman–Crippen MR) is 83.0 cm³/mol. The Morgan fingerprint density at radius 3 is 2.70 bits per heavy atom. The number of nitrogens with one attached hydrogen (secondary N) is 1. The Kier molecular flexibility index (Phi) is 4.68. The average molecular weight is 280 g/mol. The molecular weight excluding hydrogens is 248 g/mol. The number of likely N-dealkylation sites (tertiary alicyclic amines) is 1. The molecule has 20 heavy (non-hydrogen) atoms. The smallest absolute Gasteiger partial charge is 0.0697 e. The van der Waals surface area contributed by atoms with Gasteiger partial charge in [0.2, 0.25) is 0 Å². The monoisotopic (exact) mass is 280 g/mol. The van der Waals surface area contributed by atoms with E-state index in [2.05, 4.69) is 24.2 Å². The van der Waals surface area contributed by atoms with E-state index in [-0.39, 0.29) is 5.60 Å². The number of rotatable bonds is 3. The van der Waals surface area contributed by atoms with E-state index in [1.165, 1.54) is 64.3 Å². The second kappa shape index (κ2) is 6.33. The van der Waals surface area contributed by atoms with Crippen LogP contribution in [0.15, 0.2) is 0 Å². The van der Waals surface area contributed by atoms with Gasteiger partial charge in [-0.25, -0.2) is 0 Å². The standard InChI is InChI=1S/C17H32N2O/c1-14(18-2)16-7-3-6-11-19(16)15-8-12-20-17(13-15)9-4-5-10-17/h14-16,18H,3-13H2,1-2H3. The van der Waals surface area contributed by atoms with Crippen LogP contribution in [0.2, 0.25) is 0 Å². The molecule has 1 N–H and O–H groups in total. The lowest BCUT2D eigenvalue weighted by Gasteiger charge is -2.49. The van der Waals surface area contributed by atoms with Gasteiger partial charge in [0, 0.05) is 24.7 Å². The van der Waals surface area contributed by atoms with Gasteiger partial charge in [0.25, 0.3) is 0 Å². The number of likely N-dealkylation sites (N-methyl/N-ethyl adjacent to an activating group) is 1. The van der Waals surface area contributed by atoms with Crippen LogP contribution < -0.4 is 5.32 Å². The SMILES string of the molecule is CNC(C)C1CCCCN1C1CCOC2(CCCC2)C1. The zero-order chi connectivity index (χ0) is 14.0. The highest BCUT2D eigenvalue weighted by Crippen LogP contribution is 2.42. The lowest BCUT2D eigenvalue weighted by Crippen LogP contribution is -2.57. The van der Waals surface area contributed by atoms with Crippen molar-refractivity contribution in [2.45, 2.75) is 88.4 Å². The summed E-state index contributed by atoms with van der Waals surface area (Å²) >= 11 is 0. The minimum absolute atomic E-state index is 0.258. The Morgan fingerprint density at radius 1 is 1.15 bits per heavy atom. The maximum absolute atomic E-state index is 6.23. The van der Waals surface area contributed by atoms with Gasteiger partial charge in [0.05, 0.1) is 5.60 Å². The zero-order valence-electron chi connectivity index (χ0n) is 13.4. The van der Waals surface area contributed by atoms with E-state index in [0.29, 0.717) is 6.04 Å². The molecule has 0 radical (unpaired) electrons. The summed E-state index contributed by atoms with van der Waals surface area (Å²) in [4.78, 5) is 2.84. The highest BCUT2D eigenvalue weighted by molar-refractivity contribution is 4.97. The first-order chi connectivity index (χ1) is 9.74. The van der Waals surface area contributed by atoms with E-state index in [1.54, 1.807) is 0 Å². The molecular formula is C17H32N2O. The summed E-state index contributed by atoms with van der Waals surface area (Å²) in [7, 11) is 2.11. The number of nitrogens with zero attached hydrogens (tertiary/aromatic N) is 1. The molecule has 1 saturated carbocycles. The fourth-order valence-electron chi connectivity index (χ4n) is 4.82. The summed E-state index contributed by atoms with van der Waals surface area (Å²) < 4.78 is 6.23. The van der Waals surface area contributed by atoms with Crippen molar-refractivity contribution in [2.24, 2.45) is 0 Å². The molecule has 0 aromatic heterocycles. The maximum Gasteiger partial charge on any atom is 0.0697 e. The molecule has 2 saturated heterocycles. The largest absolute Gasteiger partial charge is 0.375 e. The minimum Gasteiger partial charge on any atom is -0.375 e. The van der Waals surface area contributed by atoms with Gasteiger partial charge in [0.15, 0.2) is 0 Å². The normalized spacial score (nSPS) is 36.3. The van der Waals surface area contributed by atoms with Crippen molar-refractivity contribution in [3.63, 3.8) is 0 Å². The minimum atomic E-state index is 0.258. The quantitative estimate of drug-likeness (QED) is 0.860. The van der Waals surface area contributed by atoms with Crippen LogP contribution in [0.1, 0.15) is 64.7 Å². The summed E-state index contributed by atoms with van der Waals surface area (Å²) in [6, 6.07) is 2.11. The highest BCUT2D eigenvalue weighted by atomic mass is 16.5. The van der Waals surface area contributed by atoms with E-state index >= 15 is 0 Å². The highest BCUT2D eigenvalue weighted by Gasteiger charge is 2.43. The van der Waals surface area contributed by atoms with Crippen LogP contribution in [0.4, 0.5) is 0 Å². The van der Waals surface area contributed by atoms with Gasteiger partial charge in [-0.3, -0.25) is 4.90 Å². The molecule has 0 aromatic carbocycles. The van der Waals surface area contributed by atoms with Crippen LogP contribution in [0.25, 0.3) is 0 Å². The summed E-state index contributed by atoms with van der Waals surface area (Å²) in [5.41, 5.74) is 0.258. The summed E-state index contributed by atoms with van der Waals surface area (Å²) in [5.74, 6) is 0. The van der Waals surface area contributed by atoms with Crippen molar-refractivity contribution in [3.8, 4) is 0 Å². The fraction of sp³-hybridized carbons (Fsp3) is 1.00. The molecule has 0 amide bonds. The second-order valence-corrected chi connectivity index (χ2v) is 7.26. The molecule has 1 spiro atoms. The Balaban J connectivity index is 1.69. The van der Waals surface area contributed by atoms with E-state index in [0.717, 1.165) is 18.7 Å². The van der Waals surface area contributed by atoms with Gasteiger partial charge in [0.1, 0.15) is 0 Å².